The lowest BCUT2D eigenvalue weighted by molar-refractivity contribution is 0.560. The fourth-order valence-electron chi connectivity index (χ4n) is 2.28. The zero-order valence-electron chi connectivity index (χ0n) is 10.5. The zero-order chi connectivity index (χ0) is 12.5. The minimum Gasteiger partial charge on any atom is -0.362 e. The molecule has 1 atom stereocenters. The van der Waals surface area contributed by atoms with Crippen molar-refractivity contribution in [3.05, 3.63) is 42.0 Å². The van der Waals surface area contributed by atoms with Crippen LogP contribution in [-0.2, 0) is 13.1 Å². The van der Waals surface area contributed by atoms with Crippen molar-refractivity contribution in [2.24, 2.45) is 5.73 Å². The summed E-state index contributed by atoms with van der Waals surface area (Å²) in [4.78, 5) is 2.31. The summed E-state index contributed by atoms with van der Waals surface area (Å²) in [6.07, 6.45) is 1.80. The van der Waals surface area contributed by atoms with Crippen molar-refractivity contribution < 1.29 is 0 Å². The van der Waals surface area contributed by atoms with Crippen LogP contribution in [0.3, 0.4) is 0 Å². The Morgan fingerprint density at radius 3 is 2.72 bits per heavy atom. The van der Waals surface area contributed by atoms with E-state index < -0.39 is 0 Å². The first kappa shape index (κ1) is 11.2. The first-order chi connectivity index (χ1) is 8.74. The topological polar surface area (TPSA) is 60.0 Å². The van der Waals surface area contributed by atoms with Gasteiger partial charge in [0.15, 0.2) is 5.82 Å². The average Bonchev–Trinajstić information content (AvgIpc) is 2.86. The molecule has 1 aromatic carbocycles. The molecule has 2 N–H and O–H groups in total. The lowest BCUT2D eigenvalue weighted by Crippen LogP contribution is -2.33. The third-order valence-electron chi connectivity index (χ3n) is 3.42. The third kappa shape index (κ3) is 1.97. The maximum Gasteiger partial charge on any atom is 0.152 e. The van der Waals surface area contributed by atoms with Gasteiger partial charge in [0.25, 0.3) is 0 Å². The van der Waals surface area contributed by atoms with E-state index in [1.165, 1.54) is 11.3 Å². The number of benzene rings is 1. The number of fused-ring (bicyclic) bond motifs is 1. The highest BCUT2D eigenvalue weighted by molar-refractivity contribution is 5.48. The SMILES string of the molecule is C[C@@H](N)c1ccc(N2CCn3cnnc3C2)cc1. The Hall–Kier alpha value is -1.88. The lowest BCUT2D eigenvalue weighted by Gasteiger charge is -2.29. The summed E-state index contributed by atoms with van der Waals surface area (Å²) >= 11 is 0. The predicted molar refractivity (Wildman–Crippen MR) is 70.1 cm³/mol. The van der Waals surface area contributed by atoms with Crippen molar-refractivity contribution >= 4 is 5.69 Å². The molecular formula is C13H17N5. The minimum absolute atomic E-state index is 0.0866. The minimum atomic E-state index is 0.0866. The fraction of sp³-hybridized carbons (Fsp3) is 0.385. The van der Waals surface area contributed by atoms with Gasteiger partial charge in [0.2, 0.25) is 0 Å². The molecular weight excluding hydrogens is 226 g/mol. The Labute approximate surface area is 106 Å². The van der Waals surface area contributed by atoms with Crippen molar-refractivity contribution in [1.82, 2.24) is 14.8 Å². The molecule has 2 heterocycles. The molecule has 1 aromatic heterocycles. The van der Waals surface area contributed by atoms with E-state index in [0.29, 0.717) is 0 Å². The second kappa shape index (κ2) is 4.42. The molecule has 3 rings (SSSR count). The highest BCUT2D eigenvalue weighted by Gasteiger charge is 2.17. The number of aromatic nitrogens is 3. The smallest absolute Gasteiger partial charge is 0.152 e. The predicted octanol–water partition coefficient (Wildman–Crippen LogP) is 1.32. The van der Waals surface area contributed by atoms with E-state index in [-0.39, 0.29) is 6.04 Å². The number of nitrogens with zero attached hydrogens (tertiary/aromatic N) is 4. The van der Waals surface area contributed by atoms with Gasteiger partial charge in [-0.25, -0.2) is 0 Å². The van der Waals surface area contributed by atoms with Crippen molar-refractivity contribution in [1.29, 1.82) is 0 Å². The van der Waals surface area contributed by atoms with Crippen molar-refractivity contribution in [2.45, 2.75) is 26.1 Å². The van der Waals surface area contributed by atoms with Crippen LogP contribution in [0, 0.1) is 0 Å². The van der Waals surface area contributed by atoms with Crippen molar-refractivity contribution in [2.75, 3.05) is 11.4 Å². The molecule has 2 aromatic rings. The van der Waals surface area contributed by atoms with Crippen molar-refractivity contribution in [3.63, 3.8) is 0 Å². The standard InChI is InChI=1S/C13H17N5/c1-10(14)11-2-4-12(5-3-11)17-6-7-18-9-15-16-13(18)8-17/h2-5,9-10H,6-8,14H2,1H3/t10-/m1/s1. The van der Waals surface area contributed by atoms with Crippen LogP contribution in [0.2, 0.25) is 0 Å². The number of anilines is 1. The second-order valence-electron chi connectivity index (χ2n) is 4.74. The van der Waals surface area contributed by atoms with Crippen LogP contribution >= 0.6 is 0 Å². The van der Waals surface area contributed by atoms with Crippen LogP contribution in [0.15, 0.2) is 30.6 Å². The molecule has 5 nitrogen and oxygen atoms in total. The Morgan fingerprint density at radius 2 is 2.00 bits per heavy atom. The number of hydrogen-bond donors (Lipinski definition) is 1. The van der Waals surface area contributed by atoms with Gasteiger partial charge in [0.05, 0.1) is 6.54 Å². The molecule has 0 unspecified atom stereocenters. The molecule has 18 heavy (non-hydrogen) atoms. The molecule has 0 fully saturated rings. The van der Waals surface area contributed by atoms with Crippen molar-refractivity contribution in [3.8, 4) is 0 Å². The lowest BCUT2D eigenvalue weighted by atomic mass is 10.1. The molecule has 5 heteroatoms. The monoisotopic (exact) mass is 243 g/mol. The Balaban J connectivity index is 1.80. The molecule has 0 radical (unpaired) electrons. The molecule has 94 valence electrons. The van der Waals surface area contributed by atoms with Crippen LogP contribution in [-0.4, -0.2) is 21.3 Å². The highest BCUT2D eigenvalue weighted by atomic mass is 15.3. The van der Waals surface area contributed by atoms with Gasteiger partial charge in [-0.1, -0.05) is 12.1 Å². The van der Waals surface area contributed by atoms with Gasteiger partial charge in [-0.2, -0.15) is 0 Å². The summed E-state index contributed by atoms with van der Waals surface area (Å²) in [5.74, 6) is 1.03. The third-order valence-corrected chi connectivity index (χ3v) is 3.42. The van der Waals surface area contributed by atoms with Crippen LogP contribution in [0.5, 0.6) is 0 Å². The maximum absolute atomic E-state index is 5.86. The van der Waals surface area contributed by atoms with Crippen LogP contribution in [0.1, 0.15) is 24.4 Å². The largest absolute Gasteiger partial charge is 0.362 e. The summed E-state index contributed by atoms with van der Waals surface area (Å²) in [5, 5.41) is 8.07. The van der Waals surface area contributed by atoms with Gasteiger partial charge in [0.1, 0.15) is 6.33 Å². The molecule has 0 amide bonds. The van der Waals surface area contributed by atoms with Crippen LogP contribution in [0.25, 0.3) is 0 Å². The molecule has 1 aliphatic rings. The van der Waals surface area contributed by atoms with Gasteiger partial charge in [-0.05, 0) is 24.6 Å². The zero-order valence-corrected chi connectivity index (χ0v) is 10.5. The Morgan fingerprint density at radius 1 is 1.22 bits per heavy atom. The van der Waals surface area contributed by atoms with Gasteiger partial charge >= 0.3 is 0 Å². The van der Waals surface area contributed by atoms with Gasteiger partial charge in [-0.15, -0.1) is 10.2 Å². The molecule has 0 saturated heterocycles. The molecule has 0 aliphatic carbocycles. The molecule has 0 bridgehead atoms. The molecule has 1 aliphatic heterocycles. The van der Waals surface area contributed by atoms with E-state index in [1.54, 1.807) is 6.33 Å². The highest BCUT2D eigenvalue weighted by Crippen LogP contribution is 2.21. The fourth-order valence-corrected chi connectivity index (χ4v) is 2.28. The average molecular weight is 243 g/mol. The summed E-state index contributed by atoms with van der Waals surface area (Å²) in [7, 11) is 0. The van der Waals surface area contributed by atoms with E-state index in [2.05, 4.69) is 43.9 Å². The first-order valence-electron chi connectivity index (χ1n) is 6.21. The Bertz CT molecular complexity index is 529. The number of rotatable bonds is 2. The van der Waals surface area contributed by atoms with Crippen LogP contribution < -0.4 is 10.6 Å². The summed E-state index contributed by atoms with van der Waals surface area (Å²) in [6.45, 7) is 4.75. The van der Waals surface area contributed by atoms with Gasteiger partial charge in [-0.3, -0.25) is 0 Å². The molecule has 0 spiro atoms. The summed E-state index contributed by atoms with van der Waals surface area (Å²) in [5.41, 5.74) is 8.24. The normalized spacial score (nSPS) is 16.4. The van der Waals surface area contributed by atoms with E-state index in [4.69, 9.17) is 5.73 Å². The second-order valence-corrected chi connectivity index (χ2v) is 4.74. The summed E-state index contributed by atoms with van der Waals surface area (Å²) in [6, 6.07) is 8.54. The van der Waals surface area contributed by atoms with E-state index >= 15 is 0 Å². The van der Waals surface area contributed by atoms with E-state index in [1.807, 2.05) is 6.92 Å². The van der Waals surface area contributed by atoms with Gasteiger partial charge < -0.3 is 15.2 Å². The number of hydrogen-bond acceptors (Lipinski definition) is 4. The number of nitrogens with two attached hydrogens (primary N) is 1. The van der Waals surface area contributed by atoms with Crippen LogP contribution in [0.4, 0.5) is 5.69 Å². The Kier molecular flexibility index (Phi) is 2.76. The molecule has 0 saturated carbocycles. The first-order valence-corrected chi connectivity index (χ1v) is 6.21. The quantitative estimate of drug-likeness (QED) is 0.864. The van der Waals surface area contributed by atoms with E-state index in [9.17, 15) is 0 Å². The van der Waals surface area contributed by atoms with Gasteiger partial charge in [0, 0.05) is 24.8 Å². The summed E-state index contributed by atoms with van der Waals surface area (Å²) < 4.78 is 2.10. The van der Waals surface area contributed by atoms with E-state index in [0.717, 1.165) is 25.5 Å². The maximum atomic E-state index is 5.86.